The predicted octanol–water partition coefficient (Wildman–Crippen LogP) is 6.62. The quantitative estimate of drug-likeness (QED) is 0.169. The summed E-state index contributed by atoms with van der Waals surface area (Å²) in [5.41, 5.74) is 0.797. The maximum atomic E-state index is 15.2. The smallest absolute Gasteiger partial charge is 0.417 e. The van der Waals surface area contributed by atoms with Crippen molar-refractivity contribution < 1.29 is 47.4 Å². The number of hydrogen-bond donors (Lipinski definition) is 3. The molecule has 6 atom stereocenters. The van der Waals surface area contributed by atoms with Crippen LogP contribution in [0.25, 0.3) is 0 Å². The van der Waals surface area contributed by atoms with E-state index in [4.69, 9.17) is 39.9 Å². The van der Waals surface area contributed by atoms with E-state index in [9.17, 15) is 37.5 Å². The van der Waals surface area contributed by atoms with Crippen LogP contribution in [0.5, 0.6) is 5.75 Å². The van der Waals surface area contributed by atoms with Crippen molar-refractivity contribution in [2.75, 3.05) is 12.0 Å². The number of phenolic OH excluding ortho intramolecular Hbond substituents is 1. The summed E-state index contributed by atoms with van der Waals surface area (Å²) in [4.78, 5) is 73.6. The van der Waals surface area contributed by atoms with E-state index in [1.54, 1.807) is 18.2 Å². The number of alkyl halides is 3. The summed E-state index contributed by atoms with van der Waals surface area (Å²) in [7, 11) is 0. The first kappa shape index (κ1) is 36.7. The largest absolute Gasteiger partial charge is 0.508 e. The van der Waals surface area contributed by atoms with Crippen LogP contribution in [0, 0.1) is 23.7 Å². The Hall–Kier alpha value is -4.66. The number of rotatable bonds is 8. The third-order valence-electron chi connectivity index (χ3n) is 10.7. The van der Waals surface area contributed by atoms with Gasteiger partial charge in [-0.25, -0.2) is 4.98 Å². The summed E-state index contributed by atoms with van der Waals surface area (Å²) < 4.78 is 40.2. The molecule has 3 heterocycles. The molecule has 2 aliphatic heterocycles. The third-order valence-corrected chi connectivity index (χ3v) is 11.6. The number of anilines is 1. The van der Waals surface area contributed by atoms with Crippen LogP contribution in [-0.2, 0) is 35.6 Å². The van der Waals surface area contributed by atoms with Gasteiger partial charge in [-0.2, -0.15) is 18.2 Å². The van der Waals surface area contributed by atoms with E-state index in [0.29, 0.717) is 39.0 Å². The molecular formula is C36H28Cl3F3N4O7. The number of aromatic nitrogens is 1. The van der Waals surface area contributed by atoms with Gasteiger partial charge in [0.1, 0.15) is 5.75 Å². The van der Waals surface area contributed by atoms with Crippen molar-refractivity contribution in [1.29, 1.82) is 0 Å². The van der Waals surface area contributed by atoms with Crippen LogP contribution in [0.3, 0.4) is 0 Å². The van der Waals surface area contributed by atoms with E-state index in [1.165, 1.54) is 30.3 Å². The Morgan fingerprint density at radius 1 is 0.962 bits per heavy atom. The fourth-order valence-corrected chi connectivity index (χ4v) is 9.17. The van der Waals surface area contributed by atoms with Crippen molar-refractivity contribution in [1.82, 2.24) is 14.9 Å². The molecule has 1 saturated carbocycles. The molecule has 0 bridgehead atoms. The molecule has 1 aromatic heterocycles. The number of aliphatic carboxylic acids is 1. The second kappa shape index (κ2) is 13.3. The average molecular weight is 792 g/mol. The lowest BCUT2D eigenvalue weighted by molar-refractivity contribution is -0.142. The van der Waals surface area contributed by atoms with Gasteiger partial charge >= 0.3 is 12.1 Å². The zero-order valence-corrected chi connectivity index (χ0v) is 29.5. The Bertz CT molecular complexity index is 2110. The Kier molecular flexibility index (Phi) is 9.22. The summed E-state index contributed by atoms with van der Waals surface area (Å²) in [5, 5.41) is 20.0. The number of carboxylic acid groups (broad SMARTS) is 1. The van der Waals surface area contributed by atoms with Crippen molar-refractivity contribution >= 4 is 70.2 Å². The van der Waals surface area contributed by atoms with Crippen molar-refractivity contribution in [2.45, 2.75) is 43.2 Å². The first-order chi connectivity index (χ1) is 25.0. The highest BCUT2D eigenvalue weighted by Crippen LogP contribution is 2.65. The van der Waals surface area contributed by atoms with Crippen LogP contribution >= 0.6 is 34.8 Å². The molecule has 53 heavy (non-hydrogen) atoms. The van der Waals surface area contributed by atoms with Gasteiger partial charge in [-0.3, -0.25) is 34.3 Å². The lowest BCUT2D eigenvalue weighted by Gasteiger charge is -2.50. The van der Waals surface area contributed by atoms with E-state index in [1.807, 2.05) is 0 Å². The molecule has 0 spiro atoms. The molecule has 2 aromatic carbocycles. The highest BCUT2D eigenvalue weighted by Gasteiger charge is 2.70. The lowest BCUT2D eigenvalue weighted by Crippen LogP contribution is -2.53. The number of amides is 4. The van der Waals surface area contributed by atoms with Crippen molar-refractivity contribution in [3.63, 3.8) is 0 Å². The molecule has 0 radical (unpaired) electrons. The Morgan fingerprint density at radius 2 is 1.68 bits per heavy atom. The number of halogens is 6. The molecule has 3 aromatic rings. The van der Waals surface area contributed by atoms with Crippen LogP contribution in [0.15, 0.2) is 66.4 Å². The number of fused-ring (bicyclic) bond motifs is 4. The fourth-order valence-electron chi connectivity index (χ4n) is 8.55. The van der Waals surface area contributed by atoms with Crippen LogP contribution in [0.2, 0.25) is 15.1 Å². The van der Waals surface area contributed by atoms with E-state index in [0.717, 1.165) is 4.90 Å². The van der Waals surface area contributed by atoms with Gasteiger partial charge in [0.15, 0.2) is 5.82 Å². The van der Waals surface area contributed by atoms with Gasteiger partial charge in [-0.05, 0) is 66.6 Å². The Labute approximate surface area is 314 Å². The number of aromatic hydroxyl groups is 1. The molecule has 3 fully saturated rings. The number of phenols is 1. The minimum Gasteiger partial charge on any atom is -0.508 e. The van der Waals surface area contributed by atoms with Gasteiger partial charge in [0.25, 0.3) is 11.8 Å². The number of carbonyl (C=O) groups is 5. The third kappa shape index (κ3) is 5.91. The molecule has 276 valence electrons. The molecule has 0 unspecified atom stereocenters. The molecule has 11 nitrogen and oxygen atoms in total. The minimum atomic E-state index is -4.77. The predicted molar refractivity (Wildman–Crippen MR) is 184 cm³/mol. The highest BCUT2D eigenvalue weighted by molar-refractivity contribution is 6.33. The number of nitrogens with zero attached hydrogens (tertiary/aromatic N) is 3. The summed E-state index contributed by atoms with van der Waals surface area (Å²) in [6.45, 7) is -0.111. The van der Waals surface area contributed by atoms with Crippen molar-refractivity contribution in [3.05, 3.63) is 98.1 Å². The number of imide groups is 2. The summed E-state index contributed by atoms with van der Waals surface area (Å²) in [6, 6.07) is 11.0. The molecule has 7 rings (SSSR count). The highest BCUT2D eigenvalue weighted by atomic mass is 35.5. The topological polar surface area (TPSA) is 157 Å². The molecule has 2 saturated heterocycles. The standard InChI is InChI=1S/C36H28Cl3F3N4O7/c37-18-5-3-16(4-6-18)35-24(32(51)46(34(35)53)44-30-26(39)12-17(15-43-30)36(40,41)42)14-23-20(29(35)21-8-7-19(47)13-25(21)38)9-10-22-28(23)33(52)45(31(22)50)11-1-2-27(48)49/h3-9,12-13,15,22-24,28-29,47H,1-2,10-11,14H2,(H,43,44)(H,48,49)/t22-,23+,24-,28-,29+,35+/m0/s1. The van der Waals surface area contributed by atoms with E-state index < -0.39 is 87.2 Å². The van der Waals surface area contributed by atoms with E-state index in [2.05, 4.69) is 10.4 Å². The van der Waals surface area contributed by atoms with Gasteiger partial charge in [-0.1, -0.05) is 64.7 Å². The number of pyridine rings is 1. The number of benzene rings is 2. The molecule has 3 N–H and O–H groups in total. The average Bonchev–Trinajstić information content (AvgIpc) is 3.46. The second-order valence-corrected chi connectivity index (χ2v) is 14.7. The molecule has 4 aliphatic rings. The number of nitrogens with one attached hydrogen (secondary N) is 1. The minimum absolute atomic E-state index is 0.0361. The van der Waals surface area contributed by atoms with Crippen LogP contribution in [0.4, 0.5) is 19.0 Å². The van der Waals surface area contributed by atoms with Crippen molar-refractivity contribution in [2.24, 2.45) is 23.7 Å². The van der Waals surface area contributed by atoms with Gasteiger partial charge in [0.2, 0.25) is 11.8 Å². The van der Waals surface area contributed by atoms with Gasteiger partial charge < -0.3 is 10.2 Å². The van der Waals surface area contributed by atoms with E-state index in [-0.39, 0.29) is 43.0 Å². The normalized spacial score (nSPS) is 26.7. The van der Waals surface area contributed by atoms with Gasteiger partial charge in [0.05, 0.1) is 33.8 Å². The first-order valence-corrected chi connectivity index (χ1v) is 17.6. The van der Waals surface area contributed by atoms with Crippen LogP contribution in [0.1, 0.15) is 48.3 Å². The second-order valence-electron chi connectivity index (χ2n) is 13.4. The van der Waals surface area contributed by atoms with Crippen LogP contribution < -0.4 is 5.43 Å². The maximum absolute atomic E-state index is 15.2. The molecular weight excluding hydrogens is 764 g/mol. The number of carboxylic acids is 1. The fraction of sp³-hybridized carbons (Fsp3) is 0.333. The number of likely N-dealkylation sites (tertiary alicyclic amines) is 1. The first-order valence-electron chi connectivity index (χ1n) is 16.4. The molecule has 4 amide bonds. The maximum Gasteiger partial charge on any atom is 0.417 e. The SMILES string of the molecule is O=C(O)CCCN1C(=O)[C@H]2[C@H](CC=C3[C@H]2C[C@H]2C(=O)N(Nc4ncc(C(F)(F)F)cc4Cl)C(=O)[C@@]2(c2ccc(Cl)cc2)[C@H]3c2ccc(O)cc2Cl)C1=O. The van der Waals surface area contributed by atoms with Gasteiger partial charge in [-0.15, -0.1) is 0 Å². The summed E-state index contributed by atoms with van der Waals surface area (Å²) >= 11 is 19.3. The van der Waals surface area contributed by atoms with Crippen molar-refractivity contribution in [3.8, 4) is 5.75 Å². The van der Waals surface area contributed by atoms with Crippen LogP contribution in [-0.4, -0.2) is 61.2 Å². The molecule has 2 aliphatic carbocycles. The summed E-state index contributed by atoms with van der Waals surface area (Å²) in [5.74, 6) is -9.17. The Morgan fingerprint density at radius 3 is 2.32 bits per heavy atom. The molecule has 17 heteroatoms. The van der Waals surface area contributed by atoms with E-state index >= 15 is 4.79 Å². The Balaban J connectivity index is 1.40. The van der Waals surface area contributed by atoms with Gasteiger partial charge in [0, 0.05) is 35.1 Å². The number of hydrogen-bond acceptors (Lipinski definition) is 8. The number of carbonyl (C=O) groups excluding carboxylic acids is 4. The lowest BCUT2D eigenvalue weighted by atomic mass is 9.49. The zero-order valence-electron chi connectivity index (χ0n) is 27.2. The monoisotopic (exact) mass is 790 g/mol. The number of hydrazine groups is 1. The summed E-state index contributed by atoms with van der Waals surface area (Å²) in [6.07, 6.45) is -2.72. The number of allylic oxidation sites excluding steroid dienone is 2. The zero-order chi connectivity index (χ0) is 38.1.